The first kappa shape index (κ1) is 16.8. The molecule has 2 aromatic carbocycles. The molecule has 0 unspecified atom stereocenters. The van der Waals surface area contributed by atoms with E-state index in [1.165, 1.54) is 24.3 Å². The summed E-state index contributed by atoms with van der Waals surface area (Å²) in [6.07, 6.45) is 2.37. The number of nitrogens with zero attached hydrogens (tertiary/aromatic N) is 4. The highest BCUT2D eigenvalue weighted by Crippen LogP contribution is 2.31. The van der Waals surface area contributed by atoms with E-state index >= 15 is 0 Å². The van der Waals surface area contributed by atoms with Crippen LogP contribution in [0.15, 0.2) is 60.8 Å². The largest absolute Gasteiger partial charge is 0.269 e. The van der Waals surface area contributed by atoms with Gasteiger partial charge in [-0.05, 0) is 42.3 Å². The fraction of sp³-hybridized carbons (Fsp3) is 0.100. The highest BCUT2D eigenvalue weighted by atomic mass is 19.1. The summed E-state index contributed by atoms with van der Waals surface area (Å²) in [6, 6.07) is 14.4. The molecule has 134 valence electrons. The Morgan fingerprint density at radius 2 is 1.70 bits per heavy atom. The third-order valence-corrected chi connectivity index (χ3v) is 4.43. The Hall–Kier alpha value is -3.61. The fourth-order valence-corrected chi connectivity index (χ4v) is 3.12. The van der Waals surface area contributed by atoms with Gasteiger partial charge in [0, 0.05) is 29.5 Å². The Kier molecular flexibility index (Phi) is 4.12. The first-order valence-corrected chi connectivity index (χ1v) is 8.46. The zero-order valence-electron chi connectivity index (χ0n) is 14.5. The highest BCUT2D eigenvalue weighted by molar-refractivity contribution is 5.81. The lowest BCUT2D eigenvalue weighted by Gasteiger charge is -2.05. The molecule has 7 heteroatoms. The molecule has 2 heterocycles. The summed E-state index contributed by atoms with van der Waals surface area (Å²) in [4.78, 5) is 14.9. The number of aryl methyl sites for hydroxylation is 1. The predicted molar refractivity (Wildman–Crippen MR) is 99.8 cm³/mol. The number of benzene rings is 2. The second kappa shape index (κ2) is 6.60. The molecule has 0 saturated heterocycles. The molecule has 0 aliphatic carbocycles. The molecule has 0 N–H and O–H groups in total. The number of hydrogen-bond acceptors (Lipinski definition) is 4. The van der Waals surface area contributed by atoms with Gasteiger partial charge in [0.25, 0.3) is 5.69 Å². The lowest BCUT2D eigenvalue weighted by molar-refractivity contribution is -0.384. The van der Waals surface area contributed by atoms with E-state index in [0.29, 0.717) is 12.1 Å². The molecule has 0 saturated carbocycles. The zero-order valence-corrected chi connectivity index (χ0v) is 14.5. The van der Waals surface area contributed by atoms with Crippen LogP contribution in [0.2, 0.25) is 0 Å². The fourth-order valence-electron chi connectivity index (χ4n) is 3.12. The third kappa shape index (κ3) is 2.93. The van der Waals surface area contributed by atoms with E-state index in [1.807, 2.05) is 13.0 Å². The summed E-state index contributed by atoms with van der Waals surface area (Å²) in [5.41, 5.74) is 4.82. The number of aromatic nitrogens is 3. The Morgan fingerprint density at radius 3 is 2.33 bits per heavy atom. The van der Waals surface area contributed by atoms with Crippen molar-refractivity contribution in [2.24, 2.45) is 0 Å². The van der Waals surface area contributed by atoms with Crippen LogP contribution < -0.4 is 0 Å². The van der Waals surface area contributed by atoms with Gasteiger partial charge in [-0.3, -0.25) is 10.1 Å². The molecule has 4 rings (SSSR count). The monoisotopic (exact) mass is 362 g/mol. The van der Waals surface area contributed by atoms with Gasteiger partial charge >= 0.3 is 0 Å². The molecule has 2 aromatic heterocycles. The molecule has 0 bridgehead atoms. The van der Waals surface area contributed by atoms with E-state index < -0.39 is 4.92 Å². The van der Waals surface area contributed by atoms with Crippen molar-refractivity contribution in [3.05, 3.63) is 82.4 Å². The molecule has 6 nitrogen and oxygen atoms in total. The van der Waals surface area contributed by atoms with E-state index in [-0.39, 0.29) is 11.5 Å². The van der Waals surface area contributed by atoms with Crippen molar-refractivity contribution in [1.82, 2.24) is 14.6 Å². The average molecular weight is 362 g/mol. The number of halogens is 1. The molecule has 0 spiro atoms. The zero-order chi connectivity index (χ0) is 19.0. The number of non-ortho nitro benzene ring substituents is 1. The number of hydrogen-bond donors (Lipinski definition) is 0. The molecule has 4 aromatic rings. The Bertz CT molecular complexity index is 1140. The van der Waals surface area contributed by atoms with Crippen LogP contribution in [0, 0.1) is 15.9 Å². The smallest absolute Gasteiger partial charge is 0.258 e. The summed E-state index contributed by atoms with van der Waals surface area (Å²) in [5, 5.41) is 15.6. The first-order valence-electron chi connectivity index (χ1n) is 8.46. The molecular weight excluding hydrogens is 347 g/mol. The maximum atomic E-state index is 13.3. The van der Waals surface area contributed by atoms with Gasteiger partial charge in [0.2, 0.25) is 0 Å². The number of nitro groups is 1. The average Bonchev–Trinajstić information content (AvgIpc) is 3.07. The van der Waals surface area contributed by atoms with Crippen molar-refractivity contribution >= 4 is 11.3 Å². The van der Waals surface area contributed by atoms with Gasteiger partial charge in [-0.25, -0.2) is 13.9 Å². The second-order valence-corrected chi connectivity index (χ2v) is 6.05. The van der Waals surface area contributed by atoms with Gasteiger partial charge in [-0.1, -0.05) is 19.1 Å². The van der Waals surface area contributed by atoms with E-state index in [1.54, 1.807) is 35.0 Å². The molecule has 0 fully saturated rings. The summed E-state index contributed by atoms with van der Waals surface area (Å²) in [7, 11) is 0. The van der Waals surface area contributed by atoms with Crippen LogP contribution in [0.25, 0.3) is 28.0 Å². The second-order valence-electron chi connectivity index (χ2n) is 6.05. The number of rotatable bonds is 4. The van der Waals surface area contributed by atoms with Crippen LogP contribution in [-0.4, -0.2) is 19.5 Å². The molecule has 27 heavy (non-hydrogen) atoms. The van der Waals surface area contributed by atoms with Gasteiger partial charge < -0.3 is 0 Å². The molecule has 0 aliphatic heterocycles. The Balaban J connectivity index is 1.92. The van der Waals surface area contributed by atoms with Crippen LogP contribution in [0.5, 0.6) is 0 Å². The van der Waals surface area contributed by atoms with Crippen LogP contribution >= 0.6 is 0 Å². The molecular formula is C20H15FN4O2. The lowest BCUT2D eigenvalue weighted by Crippen LogP contribution is -1.96. The molecule has 0 atom stereocenters. The van der Waals surface area contributed by atoms with E-state index in [9.17, 15) is 14.5 Å². The maximum absolute atomic E-state index is 13.3. The molecule has 0 radical (unpaired) electrons. The highest BCUT2D eigenvalue weighted by Gasteiger charge is 2.17. The summed E-state index contributed by atoms with van der Waals surface area (Å²) in [6.45, 7) is 2.00. The minimum atomic E-state index is -0.429. The Labute approximate surface area is 154 Å². The van der Waals surface area contributed by atoms with Gasteiger partial charge in [-0.2, -0.15) is 5.10 Å². The maximum Gasteiger partial charge on any atom is 0.269 e. The minimum Gasteiger partial charge on any atom is -0.258 e. The summed E-state index contributed by atoms with van der Waals surface area (Å²) in [5.74, 6) is -0.298. The van der Waals surface area contributed by atoms with Gasteiger partial charge in [0.05, 0.1) is 16.3 Å². The van der Waals surface area contributed by atoms with E-state index in [4.69, 9.17) is 5.10 Å². The van der Waals surface area contributed by atoms with E-state index in [2.05, 4.69) is 4.98 Å². The normalized spacial score (nSPS) is 11.0. The van der Waals surface area contributed by atoms with Gasteiger partial charge in [0.1, 0.15) is 5.82 Å². The molecule has 0 aliphatic rings. The van der Waals surface area contributed by atoms with Crippen molar-refractivity contribution in [2.45, 2.75) is 13.3 Å². The standard InChI is InChI=1S/C20H15FN4O2/c1-2-17-19(14-3-7-15(21)8-4-14)20-22-12-11-18(24(20)23-17)13-5-9-16(10-6-13)25(26)27/h3-12H,2H2,1H3. The third-order valence-electron chi connectivity index (χ3n) is 4.43. The van der Waals surface area contributed by atoms with Crippen LogP contribution in [0.1, 0.15) is 12.6 Å². The van der Waals surface area contributed by atoms with Gasteiger partial charge in [0.15, 0.2) is 5.65 Å². The lowest BCUT2D eigenvalue weighted by atomic mass is 10.0. The topological polar surface area (TPSA) is 73.3 Å². The SMILES string of the molecule is CCc1nn2c(-c3ccc([N+](=O)[O-])cc3)ccnc2c1-c1ccc(F)cc1. The van der Waals surface area contributed by atoms with Crippen molar-refractivity contribution in [3.8, 4) is 22.4 Å². The van der Waals surface area contributed by atoms with Crippen molar-refractivity contribution < 1.29 is 9.31 Å². The number of nitro benzene ring substituents is 1. The summed E-state index contributed by atoms with van der Waals surface area (Å²) >= 11 is 0. The quantitative estimate of drug-likeness (QED) is 0.390. The first-order chi connectivity index (χ1) is 13.1. The van der Waals surface area contributed by atoms with Gasteiger partial charge in [-0.15, -0.1) is 0 Å². The van der Waals surface area contributed by atoms with E-state index in [0.717, 1.165) is 28.1 Å². The van der Waals surface area contributed by atoms with Crippen LogP contribution in [-0.2, 0) is 6.42 Å². The van der Waals surface area contributed by atoms with Crippen molar-refractivity contribution in [2.75, 3.05) is 0 Å². The minimum absolute atomic E-state index is 0.0331. The number of fused-ring (bicyclic) bond motifs is 1. The predicted octanol–water partition coefficient (Wildman–Crippen LogP) is 4.67. The Morgan fingerprint density at radius 1 is 1.04 bits per heavy atom. The summed E-state index contributed by atoms with van der Waals surface area (Å²) < 4.78 is 15.0. The van der Waals surface area contributed by atoms with Crippen molar-refractivity contribution in [1.29, 1.82) is 0 Å². The van der Waals surface area contributed by atoms with Crippen LogP contribution in [0.4, 0.5) is 10.1 Å². The molecule has 0 amide bonds. The van der Waals surface area contributed by atoms with Crippen LogP contribution in [0.3, 0.4) is 0 Å². The van der Waals surface area contributed by atoms with Crippen molar-refractivity contribution in [3.63, 3.8) is 0 Å².